The lowest BCUT2D eigenvalue weighted by molar-refractivity contribution is -0.113. The fourth-order valence-corrected chi connectivity index (χ4v) is 4.07. The number of amides is 2. The number of halogens is 1. The second-order valence-corrected chi connectivity index (χ2v) is 7.59. The summed E-state index contributed by atoms with van der Waals surface area (Å²) in [6, 6.07) is 7.23. The number of primary amides is 1. The van der Waals surface area contributed by atoms with E-state index in [0.29, 0.717) is 20.7 Å². The number of nitrogens with zero attached hydrogens (tertiary/aromatic N) is 2. The largest absolute Gasteiger partial charge is 0.366 e. The molecule has 0 bridgehead atoms. The second kappa shape index (κ2) is 7.94. The number of imidazole rings is 1. The Morgan fingerprint density at radius 1 is 1.38 bits per heavy atom. The monoisotopic (exact) mass is 406 g/mol. The van der Waals surface area contributed by atoms with Crippen molar-refractivity contribution in [3.8, 4) is 5.69 Å². The zero-order valence-electron chi connectivity index (χ0n) is 13.7. The number of carbonyl (C=O) groups excluding carboxylic acids is 2. The predicted octanol–water partition coefficient (Wildman–Crippen LogP) is 3.73. The summed E-state index contributed by atoms with van der Waals surface area (Å²) in [5, 5.41) is 6.22. The zero-order valence-corrected chi connectivity index (χ0v) is 16.1. The van der Waals surface area contributed by atoms with Crippen LogP contribution >= 0.6 is 34.7 Å². The van der Waals surface area contributed by atoms with Crippen molar-refractivity contribution in [2.24, 2.45) is 5.73 Å². The van der Waals surface area contributed by atoms with Gasteiger partial charge in [-0.15, -0.1) is 11.3 Å². The highest BCUT2D eigenvalue weighted by Crippen LogP contribution is 2.27. The van der Waals surface area contributed by atoms with Crippen LogP contribution in [0.5, 0.6) is 0 Å². The number of hydrogen-bond donors (Lipinski definition) is 2. The van der Waals surface area contributed by atoms with E-state index in [1.165, 1.54) is 23.1 Å². The first-order valence-corrected chi connectivity index (χ1v) is 9.80. The molecule has 0 fully saturated rings. The molecule has 0 saturated carbocycles. The maximum Gasteiger partial charge on any atom is 0.251 e. The van der Waals surface area contributed by atoms with E-state index in [1.807, 2.05) is 35.9 Å². The summed E-state index contributed by atoms with van der Waals surface area (Å²) >= 11 is 8.74. The highest BCUT2D eigenvalue weighted by molar-refractivity contribution is 7.99. The normalized spacial score (nSPS) is 10.7. The molecule has 2 aromatic heterocycles. The van der Waals surface area contributed by atoms with Gasteiger partial charge >= 0.3 is 0 Å². The number of benzene rings is 1. The molecule has 0 spiro atoms. The number of anilines is 1. The average molecular weight is 407 g/mol. The molecule has 134 valence electrons. The van der Waals surface area contributed by atoms with Crippen molar-refractivity contribution in [1.82, 2.24) is 9.55 Å². The van der Waals surface area contributed by atoms with Gasteiger partial charge in [-0.1, -0.05) is 29.4 Å². The summed E-state index contributed by atoms with van der Waals surface area (Å²) < 4.78 is 1.89. The van der Waals surface area contributed by atoms with Crippen molar-refractivity contribution >= 4 is 51.5 Å². The first-order chi connectivity index (χ1) is 12.5. The van der Waals surface area contributed by atoms with Crippen LogP contribution in [0.4, 0.5) is 5.00 Å². The predicted molar refractivity (Wildman–Crippen MR) is 106 cm³/mol. The summed E-state index contributed by atoms with van der Waals surface area (Å²) in [6.45, 7) is 1.93. The minimum atomic E-state index is -0.568. The van der Waals surface area contributed by atoms with E-state index in [0.717, 1.165) is 11.3 Å². The molecule has 2 amide bonds. The molecule has 26 heavy (non-hydrogen) atoms. The van der Waals surface area contributed by atoms with Gasteiger partial charge in [-0.2, -0.15) is 0 Å². The maximum absolute atomic E-state index is 12.2. The Morgan fingerprint density at radius 3 is 2.96 bits per heavy atom. The molecule has 2 heterocycles. The molecule has 0 aliphatic heterocycles. The lowest BCUT2D eigenvalue weighted by atomic mass is 10.2. The fourth-order valence-electron chi connectivity index (χ4n) is 2.33. The molecule has 6 nitrogen and oxygen atoms in total. The molecule has 3 rings (SSSR count). The molecular formula is C17H15ClN4O2S2. The van der Waals surface area contributed by atoms with Gasteiger partial charge in [-0.05, 0) is 36.1 Å². The summed E-state index contributed by atoms with van der Waals surface area (Å²) in [5.74, 6) is -0.661. The summed E-state index contributed by atoms with van der Waals surface area (Å²) in [5.41, 5.74) is 7.44. The third-order valence-electron chi connectivity index (χ3n) is 3.62. The Hall–Kier alpha value is -2.29. The molecule has 0 unspecified atom stereocenters. The molecule has 0 radical (unpaired) electrons. The van der Waals surface area contributed by atoms with E-state index < -0.39 is 5.91 Å². The zero-order chi connectivity index (χ0) is 18.7. The van der Waals surface area contributed by atoms with Crippen molar-refractivity contribution in [3.63, 3.8) is 0 Å². The van der Waals surface area contributed by atoms with Gasteiger partial charge in [-0.3, -0.25) is 14.2 Å². The topological polar surface area (TPSA) is 90.0 Å². The van der Waals surface area contributed by atoms with Gasteiger partial charge in [0.1, 0.15) is 5.00 Å². The number of nitrogens with one attached hydrogen (secondary N) is 1. The highest BCUT2D eigenvalue weighted by atomic mass is 35.5. The van der Waals surface area contributed by atoms with Crippen LogP contribution in [0.25, 0.3) is 5.69 Å². The Labute approximate surface area is 163 Å². The number of thioether (sulfide) groups is 1. The number of thiophene rings is 1. The lowest BCUT2D eigenvalue weighted by Crippen LogP contribution is -2.18. The number of nitrogens with two attached hydrogens (primary N) is 1. The molecule has 0 aliphatic carbocycles. The molecule has 0 saturated heterocycles. The minimum absolute atomic E-state index is 0.146. The molecule has 9 heteroatoms. The average Bonchev–Trinajstić information content (AvgIpc) is 3.24. The van der Waals surface area contributed by atoms with Crippen LogP contribution in [0.15, 0.2) is 47.2 Å². The van der Waals surface area contributed by atoms with Crippen molar-refractivity contribution in [2.75, 3.05) is 11.1 Å². The first kappa shape index (κ1) is 18.5. The van der Waals surface area contributed by atoms with Gasteiger partial charge in [0.05, 0.1) is 17.0 Å². The molecule has 1 aromatic carbocycles. The number of carbonyl (C=O) groups is 2. The van der Waals surface area contributed by atoms with Gasteiger partial charge in [0.2, 0.25) is 5.91 Å². The van der Waals surface area contributed by atoms with Crippen LogP contribution in [-0.2, 0) is 4.79 Å². The number of aromatic nitrogens is 2. The molecular weight excluding hydrogens is 392 g/mol. The van der Waals surface area contributed by atoms with Gasteiger partial charge in [0.25, 0.3) is 5.91 Å². The Balaban J connectivity index is 1.70. The quantitative estimate of drug-likeness (QED) is 0.610. The molecule has 0 aliphatic rings. The second-order valence-electron chi connectivity index (χ2n) is 5.33. The van der Waals surface area contributed by atoms with E-state index in [-0.39, 0.29) is 11.7 Å². The van der Waals surface area contributed by atoms with Crippen molar-refractivity contribution in [2.45, 2.75) is 12.1 Å². The van der Waals surface area contributed by atoms with Gasteiger partial charge in [0, 0.05) is 17.4 Å². The van der Waals surface area contributed by atoms with Gasteiger partial charge in [-0.25, -0.2) is 4.98 Å². The van der Waals surface area contributed by atoms with E-state index in [9.17, 15) is 9.59 Å². The van der Waals surface area contributed by atoms with Crippen LogP contribution < -0.4 is 11.1 Å². The molecule has 3 N–H and O–H groups in total. The van der Waals surface area contributed by atoms with E-state index in [4.69, 9.17) is 17.3 Å². The Morgan fingerprint density at radius 2 is 2.19 bits per heavy atom. The standard InChI is InChI=1S/C17H15ClN4O2S2/c1-10-12(18)3-2-4-13(10)22-7-6-20-17(22)26-9-14(23)21-16-11(15(19)24)5-8-25-16/h2-8H,9H2,1H3,(H2,19,24)(H,21,23). The number of hydrogen-bond acceptors (Lipinski definition) is 5. The Kier molecular flexibility index (Phi) is 5.65. The first-order valence-electron chi connectivity index (χ1n) is 7.56. The van der Waals surface area contributed by atoms with Crippen LogP contribution in [0.1, 0.15) is 15.9 Å². The number of rotatable bonds is 6. The van der Waals surface area contributed by atoms with E-state index in [2.05, 4.69) is 10.3 Å². The van der Waals surface area contributed by atoms with Crippen LogP contribution in [0, 0.1) is 6.92 Å². The third-order valence-corrected chi connectivity index (χ3v) is 5.83. The van der Waals surface area contributed by atoms with Crippen LogP contribution in [0.3, 0.4) is 0 Å². The summed E-state index contributed by atoms with van der Waals surface area (Å²) in [6.07, 6.45) is 3.49. The highest BCUT2D eigenvalue weighted by Gasteiger charge is 2.15. The van der Waals surface area contributed by atoms with Crippen LogP contribution in [-0.4, -0.2) is 27.1 Å². The van der Waals surface area contributed by atoms with Crippen molar-refractivity contribution in [3.05, 3.63) is 58.2 Å². The summed E-state index contributed by atoms with van der Waals surface area (Å²) in [4.78, 5) is 27.8. The molecule has 0 atom stereocenters. The van der Waals surface area contributed by atoms with E-state index >= 15 is 0 Å². The lowest BCUT2D eigenvalue weighted by Gasteiger charge is -2.11. The fraction of sp³-hybridized carbons (Fsp3) is 0.118. The third kappa shape index (κ3) is 3.92. The SMILES string of the molecule is Cc1c(Cl)cccc1-n1ccnc1SCC(=O)Nc1sccc1C(N)=O. The van der Waals surface area contributed by atoms with Gasteiger partial charge in [0.15, 0.2) is 5.16 Å². The van der Waals surface area contributed by atoms with Gasteiger partial charge < -0.3 is 11.1 Å². The van der Waals surface area contributed by atoms with Crippen molar-refractivity contribution in [1.29, 1.82) is 0 Å². The van der Waals surface area contributed by atoms with Crippen LogP contribution in [0.2, 0.25) is 5.02 Å². The Bertz CT molecular complexity index is 967. The minimum Gasteiger partial charge on any atom is -0.366 e. The van der Waals surface area contributed by atoms with E-state index in [1.54, 1.807) is 17.6 Å². The maximum atomic E-state index is 12.2. The smallest absolute Gasteiger partial charge is 0.251 e. The summed E-state index contributed by atoms with van der Waals surface area (Å²) in [7, 11) is 0. The molecule has 3 aromatic rings. The van der Waals surface area contributed by atoms with Crippen molar-refractivity contribution < 1.29 is 9.59 Å².